The molecule has 0 unspecified atom stereocenters. The second-order valence-electron chi connectivity index (χ2n) is 6.36. The van der Waals surface area contributed by atoms with Crippen molar-refractivity contribution >= 4 is 11.7 Å². The van der Waals surface area contributed by atoms with Crippen molar-refractivity contribution in [3.8, 4) is 0 Å². The van der Waals surface area contributed by atoms with Crippen LogP contribution >= 0.6 is 0 Å². The van der Waals surface area contributed by atoms with E-state index in [0.717, 1.165) is 25.1 Å². The molecular weight excluding hydrogens is 280 g/mol. The Bertz CT molecular complexity index is 540. The molecule has 0 aliphatic carbocycles. The van der Waals surface area contributed by atoms with Crippen molar-refractivity contribution in [2.45, 2.75) is 32.5 Å². The Labute approximate surface area is 131 Å². The number of benzene rings is 1. The van der Waals surface area contributed by atoms with Gasteiger partial charge in [0.05, 0.1) is 13.2 Å². The van der Waals surface area contributed by atoms with E-state index in [9.17, 15) is 4.79 Å². The van der Waals surface area contributed by atoms with Crippen LogP contribution in [0.2, 0.25) is 0 Å². The predicted molar refractivity (Wildman–Crippen MR) is 85.0 cm³/mol. The maximum Gasteiger partial charge on any atom is 0.321 e. The zero-order valence-corrected chi connectivity index (χ0v) is 13.3. The van der Waals surface area contributed by atoms with Crippen LogP contribution in [0, 0.1) is 5.92 Å². The average Bonchev–Trinajstić information content (AvgIpc) is 3.11. The zero-order chi connectivity index (χ0) is 15.6. The van der Waals surface area contributed by atoms with E-state index in [0.29, 0.717) is 25.7 Å². The first-order chi connectivity index (χ1) is 10.6. The molecule has 5 nitrogen and oxygen atoms in total. The third kappa shape index (κ3) is 3.25. The summed E-state index contributed by atoms with van der Waals surface area (Å²) in [5, 5.41) is 3.03. The smallest absolute Gasteiger partial charge is 0.321 e. The van der Waals surface area contributed by atoms with Crippen molar-refractivity contribution in [1.29, 1.82) is 0 Å². The third-order valence-electron chi connectivity index (χ3n) is 4.35. The fourth-order valence-corrected chi connectivity index (χ4v) is 3.29. The van der Waals surface area contributed by atoms with E-state index in [1.165, 1.54) is 5.56 Å². The minimum absolute atomic E-state index is 0.0183. The number of ether oxygens (including phenoxy) is 2. The lowest BCUT2D eigenvalue weighted by Crippen LogP contribution is -2.42. The molecule has 0 aromatic heterocycles. The van der Waals surface area contributed by atoms with Gasteiger partial charge in [-0.1, -0.05) is 25.1 Å². The molecule has 2 aliphatic heterocycles. The molecule has 0 spiro atoms. The normalized spacial score (nSPS) is 20.7. The van der Waals surface area contributed by atoms with E-state index in [2.05, 4.69) is 18.3 Å². The van der Waals surface area contributed by atoms with Gasteiger partial charge in [-0.05, 0) is 30.9 Å². The summed E-state index contributed by atoms with van der Waals surface area (Å²) >= 11 is 0. The molecule has 0 saturated carbocycles. The number of hydrogen-bond acceptors (Lipinski definition) is 3. The molecule has 0 radical (unpaired) electrons. The maximum atomic E-state index is 12.4. The number of hydrogen-bond donors (Lipinski definition) is 1. The van der Waals surface area contributed by atoms with Crippen LogP contribution in [0.3, 0.4) is 0 Å². The van der Waals surface area contributed by atoms with E-state index < -0.39 is 5.79 Å². The lowest BCUT2D eigenvalue weighted by atomic mass is 10.0. The lowest BCUT2D eigenvalue weighted by molar-refractivity contribution is -0.153. The summed E-state index contributed by atoms with van der Waals surface area (Å²) in [4.78, 5) is 14.2. The fraction of sp³-hybridized carbons (Fsp3) is 0.588. The van der Waals surface area contributed by atoms with Gasteiger partial charge in [0.15, 0.2) is 5.79 Å². The van der Waals surface area contributed by atoms with Crippen LogP contribution in [0.1, 0.15) is 25.8 Å². The van der Waals surface area contributed by atoms with Crippen LogP contribution in [0.4, 0.5) is 10.5 Å². The van der Waals surface area contributed by atoms with Crippen LogP contribution in [0.5, 0.6) is 0 Å². The molecule has 5 heteroatoms. The summed E-state index contributed by atoms with van der Waals surface area (Å²) in [6, 6.07) is 8.07. The quantitative estimate of drug-likeness (QED) is 0.930. The molecule has 1 aromatic rings. The number of nitrogens with zero attached hydrogens (tertiary/aromatic N) is 1. The Hall–Kier alpha value is -1.59. The number of amides is 2. The van der Waals surface area contributed by atoms with Crippen LogP contribution < -0.4 is 10.2 Å². The van der Waals surface area contributed by atoms with Crippen molar-refractivity contribution in [2.75, 3.05) is 31.2 Å². The van der Waals surface area contributed by atoms with E-state index in [1.54, 1.807) is 0 Å². The lowest BCUT2D eigenvalue weighted by Gasteiger charge is -2.26. The van der Waals surface area contributed by atoms with E-state index in [1.807, 2.05) is 30.0 Å². The molecule has 1 N–H and O–H groups in total. The molecule has 1 aromatic carbocycles. The second-order valence-corrected chi connectivity index (χ2v) is 6.36. The van der Waals surface area contributed by atoms with Gasteiger partial charge in [0.1, 0.15) is 0 Å². The molecule has 22 heavy (non-hydrogen) atoms. The fourth-order valence-electron chi connectivity index (χ4n) is 3.29. The van der Waals surface area contributed by atoms with Crippen molar-refractivity contribution in [3.05, 3.63) is 29.8 Å². The predicted octanol–water partition coefficient (Wildman–Crippen LogP) is 2.55. The first-order valence-corrected chi connectivity index (χ1v) is 7.99. The van der Waals surface area contributed by atoms with Crippen LogP contribution in [-0.4, -0.2) is 38.1 Å². The number of anilines is 1. The molecule has 1 atom stereocenters. The number of para-hydroxylation sites is 1. The van der Waals surface area contributed by atoms with Crippen molar-refractivity contribution in [2.24, 2.45) is 5.92 Å². The number of carbonyl (C=O) groups is 1. The van der Waals surface area contributed by atoms with Gasteiger partial charge in [0.25, 0.3) is 0 Å². The maximum absolute atomic E-state index is 12.4. The van der Waals surface area contributed by atoms with Gasteiger partial charge in [-0.15, -0.1) is 0 Å². The molecule has 2 heterocycles. The van der Waals surface area contributed by atoms with Crippen LogP contribution in [-0.2, 0) is 15.9 Å². The summed E-state index contributed by atoms with van der Waals surface area (Å²) in [5.41, 5.74) is 2.27. The highest BCUT2D eigenvalue weighted by atomic mass is 16.7. The SMILES string of the molecule is C[C@H](CNC(=O)N1CCc2ccccc21)CC1(C)OCCO1. The zero-order valence-electron chi connectivity index (χ0n) is 13.3. The summed E-state index contributed by atoms with van der Waals surface area (Å²) < 4.78 is 11.2. The minimum atomic E-state index is -0.496. The van der Waals surface area contributed by atoms with Crippen LogP contribution in [0.25, 0.3) is 0 Å². The Kier molecular flexibility index (Phi) is 4.36. The summed E-state index contributed by atoms with van der Waals surface area (Å²) in [6.45, 7) is 6.76. The van der Waals surface area contributed by atoms with E-state index in [4.69, 9.17) is 9.47 Å². The number of carbonyl (C=O) groups excluding carboxylic acids is 1. The van der Waals surface area contributed by atoms with Gasteiger partial charge < -0.3 is 14.8 Å². The molecule has 1 fully saturated rings. The van der Waals surface area contributed by atoms with Gasteiger partial charge in [0, 0.05) is 25.2 Å². The van der Waals surface area contributed by atoms with Gasteiger partial charge in [-0.3, -0.25) is 4.90 Å². The standard InChI is InChI=1S/C17H24N2O3/c1-13(11-17(2)21-9-10-22-17)12-18-16(20)19-8-7-14-5-3-4-6-15(14)19/h3-6,13H,7-12H2,1-2H3,(H,18,20)/t13-/m0/s1. The molecule has 2 amide bonds. The second kappa shape index (κ2) is 6.26. The summed E-state index contributed by atoms with van der Waals surface area (Å²) in [5.74, 6) is -0.199. The molecule has 3 rings (SSSR count). The highest BCUT2D eigenvalue weighted by Gasteiger charge is 2.33. The van der Waals surface area contributed by atoms with E-state index in [-0.39, 0.29) is 6.03 Å². The van der Waals surface area contributed by atoms with Gasteiger partial charge in [-0.2, -0.15) is 0 Å². The van der Waals surface area contributed by atoms with Crippen LogP contribution in [0.15, 0.2) is 24.3 Å². The summed E-state index contributed by atoms with van der Waals surface area (Å²) in [7, 11) is 0. The Morgan fingerprint density at radius 1 is 1.36 bits per heavy atom. The highest BCUT2D eigenvalue weighted by molar-refractivity contribution is 5.94. The number of urea groups is 1. The summed E-state index contributed by atoms with van der Waals surface area (Å²) in [6.07, 6.45) is 1.71. The van der Waals surface area contributed by atoms with Gasteiger partial charge >= 0.3 is 6.03 Å². The molecule has 120 valence electrons. The van der Waals surface area contributed by atoms with Gasteiger partial charge in [0.2, 0.25) is 0 Å². The van der Waals surface area contributed by atoms with Crippen molar-refractivity contribution in [1.82, 2.24) is 5.32 Å². The molecular formula is C17H24N2O3. The average molecular weight is 304 g/mol. The first-order valence-electron chi connectivity index (χ1n) is 7.99. The number of fused-ring (bicyclic) bond motifs is 1. The Balaban J connectivity index is 1.50. The van der Waals surface area contributed by atoms with E-state index >= 15 is 0 Å². The van der Waals surface area contributed by atoms with Gasteiger partial charge in [-0.25, -0.2) is 4.79 Å². The molecule has 0 bridgehead atoms. The first kappa shape index (κ1) is 15.3. The highest BCUT2D eigenvalue weighted by Crippen LogP contribution is 2.28. The largest absolute Gasteiger partial charge is 0.348 e. The monoisotopic (exact) mass is 304 g/mol. The third-order valence-corrected chi connectivity index (χ3v) is 4.35. The molecule has 2 aliphatic rings. The Morgan fingerprint density at radius 3 is 2.86 bits per heavy atom. The van der Waals surface area contributed by atoms with Crippen molar-refractivity contribution in [3.63, 3.8) is 0 Å². The minimum Gasteiger partial charge on any atom is -0.348 e. The van der Waals surface area contributed by atoms with Crippen molar-refractivity contribution < 1.29 is 14.3 Å². The topological polar surface area (TPSA) is 50.8 Å². The molecule has 1 saturated heterocycles. The Morgan fingerprint density at radius 2 is 2.09 bits per heavy atom. The number of rotatable bonds is 4. The number of nitrogens with one attached hydrogen (secondary N) is 1.